The van der Waals surface area contributed by atoms with E-state index in [1.807, 2.05) is 12.3 Å². The van der Waals surface area contributed by atoms with E-state index in [0.717, 1.165) is 10.7 Å². The van der Waals surface area contributed by atoms with E-state index in [9.17, 15) is 8.78 Å². The van der Waals surface area contributed by atoms with Crippen LogP contribution in [0.2, 0.25) is 0 Å². The largest absolute Gasteiger partial charge is 0.304 e. The fourth-order valence-corrected chi connectivity index (χ4v) is 2.39. The zero-order valence-corrected chi connectivity index (χ0v) is 11.0. The minimum absolute atomic E-state index is 0.0736. The zero-order valence-electron chi connectivity index (χ0n) is 10.2. The molecule has 1 unspecified atom stereocenters. The van der Waals surface area contributed by atoms with Crippen molar-refractivity contribution in [2.24, 2.45) is 0 Å². The molecule has 0 fully saturated rings. The van der Waals surface area contributed by atoms with Gasteiger partial charge >= 0.3 is 0 Å². The second-order valence-electron chi connectivity index (χ2n) is 4.10. The maximum atomic E-state index is 13.5. The molecule has 0 radical (unpaired) electrons. The van der Waals surface area contributed by atoms with E-state index in [0.29, 0.717) is 6.54 Å². The van der Waals surface area contributed by atoms with Gasteiger partial charge in [0.05, 0.1) is 10.7 Å². The van der Waals surface area contributed by atoms with Crippen LogP contribution in [0.5, 0.6) is 0 Å². The molecular weight excluding hydrogens is 254 g/mol. The highest BCUT2D eigenvalue weighted by molar-refractivity contribution is 7.09. The predicted octanol–water partition coefficient (Wildman–Crippen LogP) is 3.58. The number of rotatable bonds is 4. The summed E-state index contributed by atoms with van der Waals surface area (Å²) in [4.78, 5) is 4.29. The Balaban J connectivity index is 2.06. The normalized spacial score (nSPS) is 12.7. The minimum atomic E-state index is -0.524. The van der Waals surface area contributed by atoms with Gasteiger partial charge in [0.2, 0.25) is 0 Å². The number of hydrogen-bond donors (Lipinski definition) is 1. The van der Waals surface area contributed by atoms with E-state index in [1.165, 1.54) is 18.2 Å². The van der Waals surface area contributed by atoms with Gasteiger partial charge in [0, 0.05) is 23.5 Å². The average Bonchev–Trinajstić information content (AvgIpc) is 2.72. The number of benzene rings is 1. The number of halogens is 2. The molecule has 0 spiro atoms. The number of thiazole rings is 1. The summed E-state index contributed by atoms with van der Waals surface area (Å²) in [6.07, 6.45) is 0. The predicted molar refractivity (Wildman–Crippen MR) is 68.5 cm³/mol. The third-order valence-corrected chi connectivity index (χ3v) is 3.51. The fraction of sp³-hybridized carbons (Fsp3) is 0.308. The first kappa shape index (κ1) is 13.1. The van der Waals surface area contributed by atoms with Crippen molar-refractivity contribution < 1.29 is 8.78 Å². The Morgan fingerprint density at radius 2 is 2.00 bits per heavy atom. The maximum Gasteiger partial charge on any atom is 0.130 e. The van der Waals surface area contributed by atoms with Crippen LogP contribution >= 0.6 is 11.3 Å². The summed E-state index contributed by atoms with van der Waals surface area (Å²) in [6.45, 7) is 4.16. The van der Waals surface area contributed by atoms with Crippen LogP contribution < -0.4 is 5.32 Å². The van der Waals surface area contributed by atoms with Crippen molar-refractivity contribution in [1.29, 1.82) is 0 Å². The van der Waals surface area contributed by atoms with Crippen LogP contribution in [0.3, 0.4) is 0 Å². The smallest absolute Gasteiger partial charge is 0.130 e. The Hall–Kier alpha value is -1.33. The van der Waals surface area contributed by atoms with Crippen molar-refractivity contribution in [2.75, 3.05) is 0 Å². The van der Waals surface area contributed by atoms with Gasteiger partial charge in [-0.3, -0.25) is 0 Å². The lowest BCUT2D eigenvalue weighted by Crippen LogP contribution is -2.20. The average molecular weight is 268 g/mol. The number of hydrogen-bond acceptors (Lipinski definition) is 3. The molecular formula is C13H14F2N2S. The lowest BCUT2D eigenvalue weighted by molar-refractivity contribution is 0.485. The minimum Gasteiger partial charge on any atom is -0.304 e. The Labute approximate surface area is 109 Å². The summed E-state index contributed by atoms with van der Waals surface area (Å²) in [5, 5.41) is 5.99. The Bertz CT molecular complexity index is 519. The van der Waals surface area contributed by atoms with E-state index in [4.69, 9.17) is 0 Å². The molecule has 1 N–H and O–H groups in total. The molecule has 1 heterocycles. The molecule has 1 aromatic heterocycles. The van der Waals surface area contributed by atoms with Gasteiger partial charge in [-0.1, -0.05) is 6.07 Å². The topological polar surface area (TPSA) is 24.9 Å². The van der Waals surface area contributed by atoms with E-state index < -0.39 is 17.7 Å². The van der Waals surface area contributed by atoms with Crippen LogP contribution in [0.25, 0.3) is 0 Å². The Morgan fingerprint density at radius 1 is 1.33 bits per heavy atom. The highest BCUT2D eigenvalue weighted by Crippen LogP contribution is 2.20. The van der Waals surface area contributed by atoms with Crippen molar-refractivity contribution >= 4 is 11.3 Å². The molecule has 96 valence electrons. The summed E-state index contributed by atoms with van der Waals surface area (Å²) in [6, 6.07) is 3.51. The molecule has 2 rings (SSSR count). The molecule has 0 saturated heterocycles. The van der Waals surface area contributed by atoms with Crippen molar-refractivity contribution in [3.63, 3.8) is 0 Å². The summed E-state index contributed by atoms with van der Waals surface area (Å²) in [5.74, 6) is -1.05. The Kier molecular flexibility index (Phi) is 4.04. The van der Waals surface area contributed by atoms with Crippen molar-refractivity contribution in [3.8, 4) is 0 Å². The van der Waals surface area contributed by atoms with Crippen LogP contribution in [-0.4, -0.2) is 4.98 Å². The molecule has 1 atom stereocenters. The standard InChI is InChI=1S/C13H14F2N2S/c1-8(13-11(14)4-3-5-12(13)15)16-6-10-7-18-9(2)17-10/h3-5,7-8,16H,6H2,1-2H3. The maximum absolute atomic E-state index is 13.5. The zero-order chi connectivity index (χ0) is 13.1. The second-order valence-corrected chi connectivity index (χ2v) is 5.16. The molecule has 5 heteroatoms. The van der Waals surface area contributed by atoms with Crippen LogP contribution in [-0.2, 0) is 6.54 Å². The van der Waals surface area contributed by atoms with Crippen LogP contribution in [0.4, 0.5) is 8.78 Å². The van der Waals surface area contributed by atoms with Gasteiger partial charge in [-0.05, 0) is 26.0 Å². The fourth-order valence-electron chi connectivity index (χ4n) is 1.77. The first-order chi connectivity index (χ1) is 8.58. The van der Waals surface area contributed by atoms with Gasteiger partial charge in [0.25, 0.3) is 0 Å². The van der Waals surface area contributed by atoms with Gasteiger partial charge in [0.15, 0.2) is 0 Å². The summed E-state index contributed by atoms with van der Waals surface area (Å²) < 4.78 is 27.1. The molecule has 0 aliphatic heterocycles. The molecule has 2 aromatic rings. The second kappa shape index (κ2) is 5.54. The van der Waals surface area contributed by atoms with E-state index in [2.05, 4.69) is 10.3 Å². The van der Waals surface area contributed by atoms with Crippen molar-refractivity contribution in [1.82, 2.24) is 10.3 Å². The number of aryl methyl sites for hydroxylation is 1. The molecule has 0 bridgehead atoms. The molecule has 0 aliphatic rings. The Morgan fingerprint density at radius 3 is 2.56 bits per heavy atom. The first-order valence-electron chi connectivity index (χ1n) is 5.66. The lowest BCUT2D eigenvalue weighted by atomic mass is 10.1. The van der Waals surface area contributed by atoms with E-state index in [-0.39, 0.29) is 5.56 Å². The molecule has 0 amide bonds. The molecule has 18 heavy (non-hydrogen) atoms. The molecule has 1 aromatic carbocycles. The van der Waals surface area contributed by atoms with Crippen molar-refractivity contribution in [2.45, 2.75) is 26.4 Å². The number of nitrogens with one attached hydrogen (secondary N) is 1. The molecule has 0 saturated carbocycles. The highest BCUT2D eigenvalue weighted by atomic mass is 32.1. The van der Waals surface area contributed by atoms with Gasteiger partial charge in [-0.15, -0.1) is 11.3 Å². The summed E-state index contributed by atoms with van der Waals surface area (Å²) in [5.41, 5.74) is 0.963. The van der Waals surface area contributed by atoms with Gasteiger partial charge in [0.1, 0.15) is 11.6 Å². The number of nitrogens with zero attached hydrogens (tertiary/aromatic N) is 1. The third-order valence-electron chi connectivity index (χ3n) is 2.69. The third kappa shape index (κ3) is 2.91. The molecule has 0 aliphatic carbocycles. The first-order valence-corrected chi connectivity index (χ1v) is 6.54. The van der Waals surface area contributed by atoms with Crippen LogP contribution in [0, 0.1) is 18.6 Å². The highest BCUT2D eigenvalue weighted by Gasteiger charge is 2.15. The van der Waals surface area contributed by atoms with Gasteiger partial charge in [-0.25, -0.2) is 13.8 Å². The van der Waals surface area contributed by atoms with Crippen molar-refractivity contribution in [3.05, 3.63) is 51.5 Å². The monoisotopic (exact) mass is 268 g/mol. The van der Waals surface area contributed by atoms with Crippen LogP contribution in [0.1, 0.15) is 29.2 Å². The quantitative estimate of drug-likeness (QED) is 0.916. The SMILES string of the molecule is Cc1nc(CNC(C)c2c(F)cccc2F)cs1. The molecule has 2 nitrogen and oxygen atoms in total. The summed E-state index contributed by atoms with van der Waals surface area (Å²) >= 11 is 1.56. The van der Waals surface area contributed by atoms with E-state index >= 15 is 0 Å². The van der Waals surface area contributed by atoms with E-state index in [1.54, 1.807) is 18.3 Å². The number of aromatic nitrogens is 1. The van der Waals surface area contributed by atoms with Gasteiger partial charge < -0.3 is 5.32 Å². The van der Waals surface area contributed by atoms with Gasteiger partial charge in [-0.2, -0.15) is 0 Å². The lowest BCUT2D eigenvalue weighted by Gasteiger charge is -2.15. The summed E-state index contributed by atoms with van der Waals surface area (Å²) in [7, 11) is 0. The van der Waals surface area contributed by atoms with Crippen LogP contribution in [0.15, 0.2) is 23.6 Å².